The van der Waals surface area contributed by atoms with Gasteiger partial charge < -0.3 is 40.5 Å². The van der Waals surface area contributed by atoms with Gasteiger partial charge in [-0.05, 0) is 98.6 Å². The minimum atomic E-state index is -0.845. The number of thiazole rings is 1. The summed E-state index contributed by atoms with van der Waals surface area (Å²) in [4.78, 5) is 69.6. The summed E-state index contributed by atoms with van der Waals surface area (Å²) in [5.41, 5.74) is 8.66. The minimum absolute atomic E-state index is 0.00775. The second-order valence-electron chi connectivity index (χ2n) is 22.6. The summed E-state index contributed by atoms with van der Waals surface area (Å²) < 4.78 is 0. The molecule has 7 heterocycles. The summed E-state index contributed by atoms with van der Waals surface area (Å²) in [5, 5.41) is 37.3. The Hall–Kier alpha value is -6.50. The smallest absolute Gasteiger partial charge is 0.246 e. The van der Waals surface area contributed by atoms with Crippen LogP contribution in [0.1, 0.15) is 101 Å². The maximum Gasteiger partial charge on any atom is 0.246 e. The number of hydrogen-bond donors (Lipinski definition) is 5. The first-order chi connectivity index (χ1) is 35.6. The molecule has 0 unspecified atom stereocenters. The molecule has 5 aliphatic rings. The number of likely N-dealkylation sites (tertiary alicyclic amines) is 1. The fraction of sp³-hybridized carbons (Fsp3) is 0.500. The van der Waals surface area contributed by atoms with Gasteiger partial charge in [0.1, 0.15) is 23.7 Å². The number of aryl methyl sites for hydroxylation is 1. The van der Waals surface area contributed by atoms with Crippen LogP contribution in [0.5, 0.6) is 5.75 Å². The highest BCUT2D eigenvalue weighted by Gasteiger charge is 2.51. The van der Waals surface area contributed by atoms with Crippen molar-refractivity contribution in [3.63, 3.8) is 0 Å². The van der Waals surface area contributed by atoms with E-state index in [1.54, 1.807) is 23.5 Å². The van der Waals surface area contributed by atoms with Crippen molar-refractivity contribution in [2.45, 2.75) is 123 Å². The van der Waals surface area contributed by atoms with E-state index in [1.807, 2.05) is 87.9 Å². The number of aromatic amines is 1. The van der Waals surface area contributed by atoms with Gasteiger partial charge in [0, 0.05) is 99.0 Å². The molecule has 2 aliphatic carbocycles. The van der Waals surface area contributed by atoms with Crippen LogP contribution in [0.25, 0.3) is 32.7 Å². The van der Waals surface area contributed by atoms with E-state index >= 15 is 0 Å². The third kappa shape index (κ3) is 9.71. The highest BCUT2D eigenvalue weighted by atomic mass is 32.1. The zero-order chi connectivity index (χ0) is 51.5. The van der Waals surface area contributed by atoms with E-state index in [4.69, 9.17) is 9.97 Å². The van der Waals surface area contributed by atoms with Crippen molar-refractivity contribution < 1.29 is 24.6 Å². The van der Waals surface area contributed by atoms with Crippen LogP contribution in [-0.4, -0.2) is 131 Å². The molecule has 11 rings (SSSR count). The van der Waals surface area contributed by atoms with Crippen molar-refractivity contribution >= 4 is 51.9 Å². The number of fused-ring (bicyclic) bond motifs is 3. The molecular formula is C56H68N12O5S. The van der Waals surface area contributed by atoms with Gasteiger partial charge in [-0.25, -0.2) is 9.97 Å². The van der Waals surface area contributed by atoms with Gasteiger partial charge >= 0.3 is 0 Å². The number of nitrogens with one attached hydrogen (secondary N) is 3. The monoisotopic (exact) mass is 1020 g/mol. The number of nitrogens with zero attached hydrogens (tertiary/aromatic N) is 9. The number of amides is 3. The molecular weight excluding hydrogens is 953 g/mol. The molecule has 2 saturated heterocycles. The lowest BCUT2D eigenvalue weighted by atomic mass is 9.55. The van der Waals surface area contributed by atoms with Gasteiger partial charge in [-0.2, -0.15) is 4.98 Å². The average molecular weight is 1020 g/mol. The molecule has 2 saturated carbocycles. The number of benzene rings is 2. The van der Waals surface area contributed by atoms with Gasteiger partial charge in [-0.1, -0.05) is 57.2 Å². The van der Waals surface area contributed by atoms with Gasteiger partial charge in [-0.15, -0.1) is 21.5 Å². The maximum atomic E-state index is 14.3. The molecule has 0 bridgehead atoms. The lowest BCUT2D eigenvalue weighted by Gasteiger charge is -2.53. The molecule has 4 fully saturated rings. The van der Waals surface area contributed by atoms with Crippen molar-refractivity contribution in [2.24, 2.45) is 16.7 Å². The van der Waals surface area contributed by atoms with Gasteiger partial charge in [0.2, 0.25) is 23.7 Å². The zero-order valence-corrected chi connectivity index (χ0v) is 43.9. The third-order valence-electron chi connectivity index (χ3n) is 16.8. The first-order valence-electron chi connectivity index (χ1n) is 26.4. The molecule has 388 valence electrons. The topological polar surface area (TPSA) is 209 Å². The van der Waals surface area contributed by atoms with Crippen molar-refractivity contribution in [1.82, 2.24) is 50.6 Å². The summed E-state index contributed by atoms with van der Waals surface area (Å²) in [6.45, 7) is 14.8. The van der Waals surface area contributed by atoms with Crippen LogP contribution >= 0.6 is 11.3 Å². The normalized spacial score (nSPS) is 24.7. The molecule has 3 amide bonds. The number of hydrogen-bond acceptors (Lipinski definition) is 14. The Bertz CT molecular complexity index is 3040. The van der Waals surface area contributed by atoms with E-state index in [-0.39, 0.29) is 53.8 Å². The van der Waals surface area contributed by atoms with Crippen LogP contribution in [0.2, 0.25) is 0 Å². The Morgan fingerprint density at radius 1 is 0.946 bits per heavy atom. The van der Waals surface area contributed by atoms with Gasteiger partial charge in [-0.3, -0.25) is 19.3 Å². The highest BCUT2D eigenvalue weighted by molar-refractivity contribution is 7.13. The number of phenols is 1. The predicted octanol–water partition coefficient (Wildman–Crippen LogP) is 6.95. The molecule has 1 spiro atoms. The fourth-order valence-corrected chi connectivity index (χ4v) is 13.4. The van der Waals surface area contributed by atoms with E-state index in [1.165, 1.54) is 4.90 Å². The van der Waals surface area contributed by atoms with Crippen LogP contribution in [0.15, 0.2) is 72.4 Å². The Labute approximate surface area is 436 Å². The standard InChI is InChI=1S/C56H68N12O5S/c1-33-48(74-32-59-33)36-12-10-35(11-13-36)30-58-52(72)44-26-39(69)31-68(44)53(73)49(55(3,4)5)62-51(71)37-28-56(29-37)18-14-38(15-19-56)65-22-24-66(25-23-65)46-16-20-57-54(61-46)67-21-17-42-47(34(67)2)41-27-43(63-64-50(41)60-42)40-8-6-7-9-45(40)70/h6-13,16,20,27,32,34,37-39,44,49,69-70H,14-15,17-19,21-26,28-31H2,1-5H3,(H,58,72)(H,60,64)(H,62,71)/t34-,37-,38-,39-,44+,49-,56?/m1/s1. The number of para-hydroxylation sites is 1. The zero-order valence-electron chi connectivity index (χ0n) is 43.1. The summed E-state index contributed by atoms with van der Waals surface area (Å²) in [6, 6.07) is 18.1. The fourth-order valence-electron chi connectivity index (χ4n) is 12.6. The number of aliphatic hydroxyl groups is 1. The summed E-state index contributed by atoms with van der Waals surface area (Å²) in [5.74, 6) is 0.918. The Morgan fingerprint density at radius 3 is 2.42 bits per heavy atom. The molecule has 5 N–H and O–H groups in total. The van der Waals surface area contributed by atoms with Crippen molar-refractivity contribution in [1.29, 1.82) is 0 Å². The van der Waals surface area contributed by atoms with E-state index in [0.29, 0.717) is 29.8 Å². The molecule has 0 radical (unpaired) electrons. The van der Waals surface area contributed by atoms with E-state index in [0.717, 1.165) is 127 Å². The number of piperazine rings is 1. The van der Waals surface area contributed by atoms with Gasteiger partial charge in [0.05, 0.1) is 33.9 Å². The number of β-amino-alcohol motifs (C(OH)–C–C–N with tert-alkyl or cyclic N) is 1. The highest BCUT2D eigenvalue weighted by Crippen LogP contribution is 2.55. The van der Waals surface area contributed by atoms with Crippen LogP contribution in [0.3, 0.4) is 0 Å². The van der Waals surface area contributed by atoms with Gasteiger partial charge in [0.25, 0.3) is 0 Å². The summed E-state index contributed by atoms with van der Waals surface area (Å²) in [7, 11) is 0. The van der Waals surface area contributed by atoms with Crippen molar-refractivity contribution in [2.75, 3.05) is 49.1 Å². The Balaban J connectivity index is 0.653. The molecule has 74 heavy (non-hydrogen) atoms. The van der Waals surface area contributed by atoms with Crippen molar-refractivity contribution in [3.8, 4) is 27.4 Å². The Morgan fingerprint density at radius 2 is 1.70 bits per heavy atom. The number of aromatic hydroxyl groups is 1. The van der Waals surface area contributed by atoms with E-state index < -0.39 is 23.6 Å². The van der Waals surface area contributed by atoms with Crippen molar-refractivity contribution in [3.05, 3.63) is 94.9 Å². The molecule has 4 aromatic heterocycles. The van der Waals surface area contributed by atoms with Crippen LogP contribution in [0, 0.1) is 23.7 Å². The quantitative estimate of drug-likeness (QED) is 0.0892. The number of carbonyl (C=O) groups is 3. The number of phenolic OH excluding ortho intramolecular Hbond substituents is 1. The molecule has 3 aliphatic heterocycles. The second-order valence-corrected chi connectivity index (χ2v) is 23.5. The number of anilines is 2. The molecule has 6 aromatic rings. The summed E-state index contributed by atoms with van der Waals surface area (Å²) in [6.07, 6.45) is 8.02. The predicted molar refractivity (Wildman–Crippen MR) is 285 cm³/mol. The first kappa shape index (κ1) is 49.7. The minimum Gasteiger partial charge on any atom is -0.507 e. The SMILES string of the molecule is Cc1ncsc1-c1ccc(CNC(=O)[C@@H]2C[C@@H](O)CN2C(=O)[C@@H](NC(=O)[C@H]2CC3(CC[C@H](N4CCN(c5ccnc(N6CCc7[nH]c8nnc(-c9ccccc9O)cc8c7[C@H]6C)n5)CC4)CC3)C2)C(C)(C)C)cc1. The van der Waals surface area contributed by atoms with Crippen LogP contribution in [0.4, 0.5) is 11.8 Å². The van der Waals surface area contributed by atoms with E-state index in [2.05, 4.69) is 52.4 Å². The van der Waals surface area contributed by atoms with Gasteiger partial charge in [0.15, 0.2) is 5.65 Å². The number of H-pyrrole nitrogens is 1. The van der Waals surface area contributed by atoms with E-state index in [9.17, 15) is 24.6 Å². The van der Waals surface area contributed by atoms with Crippen LogP contribution < -0.4 is 20.4 Å². The average Bonchev–Trinajstić information content (AvgIpc) is 4.13. The first-order valence-corrected chi connectivity index (χ1v) is 27.3. The maximum absolute atomic E-state index is 14.3. The summed E-state index contributed by atoms with van der Waals surface area (Å²) >= 11 is 1.59. The molecule has 2 aromatic carbocycles. The number of carbonyl (C=O) groups excluding carboxylic acids is 3. The molecule has 18 heteroatoms. The number of aromatic nitrogens is 6. The third-order valence-corrected chi connectivity index (χ3v) is 17.8. The Kier molecular flexibility index (Phi) is 13.4. The molecule has 17 nitrogen and oxygen atoms in total. The number of aliphatic hydroxyl groups excluding tert-OH is 1. The lowest BCUT2D eigenvalue weighted by molar-refractivity contribution is -0.146. The molecule has 4 atom stereocenters. The largest absolute Gasteiger partial charge is 0.507 e. The lowest BCUT2D eigenvalue weighted by Crippen LogP contribution is -2.60. The van der Waals surface area contributed by atoms with Crippen LogP contribution in [-0.2, 0) is 27.3 Å². The number of rotatable bonds is 11. The second kappa shape index (κ2) is 20.0.